The van der Waals surface area contributed by atoms with E-state index in [0.717, 1.165) is 23.5 Å². The molecule has 3 nitrogen and oxygen atoms in total. The molecular formula is C18H9F5N2OS. The van der Waals surface area contributed by atoms with Crippen molar-refractivity contribution in [3.63, 3.8) is 0 Å². The molecule has 0 saturated carbocycles. The summed E-state index contributed by atoms with van der Waals surface area (Å²) in [5, 5.41) is 9.63. The Hall–Kier alpha value is -2.99. The lowest BCUT2D eigenvalue weighted by Crippen LogP contribution is -2.03. The van der Waals surface area contributed by atoms with Gasteiger partial charge in [-0.2, -0.15) is 27.2 Å². The third-order valence-corrected chi connectivity index (χ3v) is 4.55. The number of nitriles is 1. The third kappa shape index (κ3) is 4.41. The van der Waals surface area contributed by atoms with Crippen LogP contribution in [0.3, 0.4) is 0 Å². The van der Waals surface area contributed by atoms with Crippen LogP contribution in [-0.2, 0) is 6.18 Å². The minimum Gasteiger partial charge on any atom is -0.435 e. The van der Waals surface area contributed by atoms with Crippen LogP contribution in [0.25, 0.3) is 21.9 Å². The number of aromatic nitrogens is 1. The Morgan fingerprint density at radius 2 is 1.85 bits per heavy atom. The number of ether oxygens (including phenoxy) is 1. The zero-order valence-electron chi connectivity index (χ0n) is 13.3. The van der Waals surface area contributed by atoms with E-state index in [4.69, 9.17) is 0 Å². The lowest BCUT2D eigenvalue weighted by atomic mass is 10.1. The van der Waals surface area contributed by atoms with Gasteiger partial charge in [0.15, 0.2) is 0 Å². The first kappa shape index (κ1) is 18.8. The van der Waals surface area contributed by atoms with Crippen molar-refractivity contribution in [2.45, 2.75) is 12.8 Å². The average Bonchev–Trinajstić information content (AvgIpc) is 3.02. The maximum Gasteiger partial charge on any atom is 0.416 e. The summed E-state index contributed by atoms with van der Waals surface area (Å²) in [7, 11) is 0. The van der Waals surface area contributed by atoms with Gasteiger partial charge < -0.3 is 4.74 Å². The normalized spacial score (nSPS) is 12.4. The molecule has 0 aliphatic rings. The van der Waals surface area contributed by atoms with Crippen LogP contribution in [0.4, 0.5) is 22.0 Å². The molecule has 138 valence electrons. The number of rotatable bonds is 4. The second kappa shape index (κ2) is 7.32. The first-order valence-corrected chi connectivity index (χ1v) is 8.23. The molecule has 0 unspecified atom stereocenters. The van der Waals surface area contributed by atoms with Crippen LogP contribution in [-0.4, -0.2) is 11.6 Å². The van der Waals surface area contributed by atoms with Gasteiger partial charge in [-0.25, -0.2) is 4.98 Å². The monoisotopic (exact) mass is 396 g/mol. The molecule has 0 radical (unpaired) electrons. The van der Waals surface area contributed by atoms with E-state index in [0.29, 0.717) is 10.3 Å². The first-order chi connectivity index (χ1) is 12.8. The summed E-state index contributed by atoms with van der Waals surface area (Å²) in [6.45, 7) is -2.94. The molecule has 27 heavy (non-hydrogen) atoms. The minimum absolute atomic E-state index is 0.0275. The van der Waals surface area contributed by atoms with E-state index in [9.17, 15) is 27.2 Å². The second-order valence-corrected chi connectivity index (χ2v) is 6.35. The number of hydrogen-bond donors (Lipinski definition) is 0. The number of allylic oxidation sites excluding steroid dienone is 1. The Morgan fingerprint density at radius 3 is 2.44 bits per heavy atom. The molecule has 9 heteroatoms. The molecule has 0 fully saturated rings. The SMILES string of the molecule is N#C/C(=C\c1ccc(OC(F)F)cc1)c1nc2cc(C(F)(F)F)ccc2s1. The van der Waals surface area contributed by atoms with E-state index < -0.39 is 18.4 Å². The summed E-state index contributed by atoms with van der Waals surface area (Å²) in [6.07, 6.45) is -3.01. The smallest absolute Gasteiger partial charge is 0.416 e. The van der Waals surface area contributed by atoms with Crippen LogP contribution >= 0.6 is 11.3 Å². The van der Waals surface area contributed by atoms with Gasteiger partial charge in [-0.15, -0.1) is 11.3 Å². The summed E-state index contributed by atoms with van der Waals surface area (Å²) in [4.78, 5) is 4.12. The van der Waals surface area contributed by atoms with Crippen molar-refractivity contribution < 1.29 is 26.7 Å². The molecular weight excluding hydrogens is 387 g/mol. The number of hydrogen-bond acceptors (Lipinski definition) is 4. The number of thiazole rings is 1. The molecule has 0 bridgehead atoms. The molecule has 0 aliphatic carbocycles. The fourth-order valence-corrected chi connectivity index (χ4v) is 3.18. The highest BCUT2D eigenvalue weighted by Crippen LogP contribution is 2.34. The lowest BCUT2D eigenvalue weighted by molar-refractivity contribution is -0.137. The molecule has 0 amide bonds. The third-order valence-electron chi connectivity index (χ3n) is 3.48. The summed E-state index contributed by atoms with van der Waals surface area (Å²) >= 11 is 1.09. The zero-order valence-corrected chi connectivity index (χ0v) is 14.1. The Balaban J connectivity index is 1.93. The van der Waals surface area contributed by atoms with Gasteiger partial charge in [0.2, 0.25) is 0 Å². The Bertz CT molecular complexity index is 1030. The molecule has 1 heterocycles. The van der Waals surface area contributed by atoms with E-state index in [1.165, 1.54) is 36.4 Å². The number of fused-ring (bicyclic) bond motifs is 1. The number of halogens is 5. The Labute approximate surface area is 153 Å². The van der Waals surface area contributed by atoms with Crippen LogP contribution in [0.5, 0.6) is 5.75 Å². The lowest BCUT2D eigenvalue weighted by Gasteiger charge is -2.04. The fourth-order valence-electron chi connectivity index (χ4n) is 2.27. The van der Waals surface area contributed by atoms with Gasteiger partial charge >= 0.3 is 12.8 Å². The quantitative estimate of drug-likeness (QED) is 0.403. The Kier molecular flexibility index (Phi) is 5.10. The highest BCUT2D eigenvalue weighted by atomic mass is 32.1. The van der Waals surface area contributed by atoms with Crippen molar-refractivity contribution in [2.24, 2.45) is 0 Å². The van der Waals surface area contributed by atoms with Gasteiger partial charge in [-0.3, -0.25) is 0 Å². The largest absolute Gasteiger partial charge is 0.435 e. The van der Waals surface area contributed by atoms with Crippen molar-refractivity contribution in [1.82, 2.24) is 4.98 Å². The van der Waals surface area contributed by atoms with Gasteiger partial charge in [0.25, 0.3) is 0 Å². The number of alkyl halides is 5. The number of nitrogens with zero attached hydrogens (tertiary/aromatic N) is 2. The highest BCUT2D eigenvalue weighted by Gasteiger charge is 2.30. The summed E-state index contributed by atoms with van der Waals surface area (Å²) < 4.78 is 67.5. The maximum atomic E-state index is 12.8. The van der Waals surface area contributed by atoms with Crippen molar-refractivity contribution in [2.75, 3.05) is 0 Å². The predicted molar refractivity (Wildman–Crippen MR) is 91.2 cm³/mol. The second-order valence-electron chi connectivity index (χ2n) is 5.32. The topological polar surface area (TPSA) is 45.9 Å². The molecule has 0 saturated heterocycles. The van der Waals surface area contributed by atoms with Crippen LogP contribution in [0.2, 0.25) is 0 Å². The molecule has 3 aromatic rings. The molecule has 0 spiro atoms. The Morgan fingerprint density at radius 1 is 1.15 bits per heavy atom. The standard InChI is InChI=1S/C18H9F5N2OS/c19-17(20)26-13-4-1-10(2-5-13)7-11(9-24)16-25-14-8-12(18(21,22)23)3-6-15(14)27-16/h1-8,17H/b11-7+. The minimum atomic E-state index is -4.48. The molecule has 3 rings (SSSR count). The van der Waals surface area contributed by atoms with Gasteiger partial charge in [-0.1, -0.05) is 12.1 Å². The van der Waals surface area contributed by atoms with Crippen molar-refractivity contribution in [3.05, 3.63) is 58.6 Å². The zero-order chi connectivity index (χ0) is 19.6. The van der Waals surface area contributed by atoms with Crippen molar-refractivity contribution in [1.29, 1.82) is 5.26 Å². The summed E-state index contributed by atoms with van der Waals surface area (Å²) in [5.41, 5.74) is 0.00584. The van der Waals surface area contributed by atoms with E-state index in [2.05, 4.69) is 9.72 Å². The van der Waals surface area contributed by atoms with Crippen LogP contribution < -0.4 is 4.74 Å². The van der Waals surface area contributed by atoms with E-state index in [1.54, 1.807) is 0 Å². The molecule has 0 aliphatic heterocycles. The molecule has 1 aromatic heterocycles. The number of benzene rings is 2. The summed E-state index contributed by atoms with van der Waals surface area (Å²) in [6, 6.07) is 10.8. The van der Waals surface area contributed by atoms with Gasteiger partial charge in [0, 0.05) is 0 Å². The van der Waals surface area contributed by atoms with Crippen LogP contribution in [0.15, 0.2) is 42.5 Å². The van der Waals surface area contributed by atoms with Crippen molar-refractivity contribution in [3.8, 4) is 11.8 Å². The fraction of sp³-hybridized carbons (Fsp3) is 0.111. The van der Waals surface area contributed by atoms with E-state index >= 15 is 0 Å². The average molecular weight is 396 g/mol. The molecule has 0 N–H and O–H groups in total. The van der Waals surface area contributed by atoms with Crippen LogP contribution in [0, 0.1) is 11.3 Å². The van der Waals surface area contributed by atoms with Gasteiger partial charge in [0.1, 0.15) is 16.8 Å². The van der Waals surface area contributed by atoms with Gasteiger partial charge in [-0.05, 0) is 42.0 Å². The first-order valence-electron chi connectivity index (χ1n) is 7.41. The maximum absolute atomic E-state index is 12.8. The van der Waals surface area contributed by atoms with Crippen LogP contribution in [0.1, 0.15) is 16.1 Å². The summed E-state index contributed by atoms with van der Waals surface area (Å²) in [5.74, 6) is -0.0275. The van der Waals surface area contributed by atoms with Gasteiger partial charge in [0.05, 0.1) is 21.4 Å². The van der Waals surface area contributed by atoms with Crippen molar-refractivity contribution >= 4 is 33.2 Å². The molecule has 2 aromatic carbocycles. The molecule has 0 atom stereocenters. The van der Waals surface area contributed by atoms with E-state index in [1.807, 2.05) is 6.07 Å². The highest BCUT2D eigenvalue weighted by molar-refractivity contribution is 7.19. The predicted octanol–water partition coefficient (Wildman–Crippen LogP) is 5.98. The van der Waals surface area contributed by atoms with E-state index in [-0.39, 0.29) is 21.8 Å².